The number of esters is 2. The van der Waals surface area contributed by atoms with Crippen LogP contribution in [0.25, 0.3) is 0 Å². The van der Waals surface area contributed by atoms with Gasteiger partial charge in [0.2, 0.25) is 0 Å². The average molecular weight is 1340 g/mol. The lowest BCUT2D eigenvalue weighted by Crippen LogP contribution is -3.61. The summed E-state index contributed by atoms with van der Waals surface area (Å²) in [7, 11) is 0. The zero-order chi connectivity index (χ0) is 40.4. The highest BCUT2D eigenvalue weighted by molar-refractivity contribution is 14.1. The van der Waals surface area contributed by atoms with Crippen LogP contribution in [-0.2, 0) is 19.1 Å². The Kier molecular flexibility index (Phi) is 17.0. The fourth-order valence-corrected chi connectivity index (χ4v) is 11.6. The minimum absolute atomic E-state index is 0.113. The standard InChI is InChI=1S/C44H46I5O8/c1-3-43(19-7-5-8-20-43)56-41(50)27-52-37-23-35(47)39(25-33(37)45)54-31-15-11-29(12-16-31)49-30-13-17-32(18-14-30)55-40-26-34(46)38(24-36(40)48)53-28-42(51)57-44(4-2)21-9-6-10-22-44/h11-18,23-26H,3-10,19-22,27-28H2,1-2H3/q+1. The van der Waals surface area contributed by atoms with Crippen LogP contribution in [0.2, 0.25) is 0 Å². The van der Waals surface area contributed by atoms with E-state index in [9.17, 15) is 9.59 Å². The van der Waals surface area contributed by atoms with Gasteiger partial charge in [0, 0.05) is 0 Å². The van der Waals surface area contributed by atoms with Gasteiger partial charge in [0.1, 0.15) is 45.7 Å². The summed E-state index contributed by atoms with van der Waals surface area (Å²) in [4.78, 5) is 25.4. The van der Waals surface area contributed by atoms with Crippen LogP contribution in [0.4, 0.5) is 0 Å². The van der Waals surface area contributed by atoms with E-state index in [0.717, 1.165) is 101 Å². The molecule has 0 radical (unpaired) electrons. The van der Waals surface area contributed by atoms with Crippen LogP contribution in [0.3, 0.4) is 0 Å². The van der Waals surface area contributed by atoms with Crippen molar-refractivity contribution in [3.63, 3.8) is 0 Å². The van der Waals surface area contributed by atoms with Gasteiger partial charge in [-0.05, 0) is 227 Å². The van der Waals surface area contributed by atoms with Crippen molar-refractivity contribution in [3.05, 3.63) is 94.2 Å². The van der Waals surface area contributed by atoms with Crippen molar-refractivity contribution in [2.24, 2.45) is 0 Å². The Morgan fingerprint density at radius 1 is 0.526 bits per heavy atom. The van der Waals surface area contributed by atoms with Gasteiger partial charge in [-0.2, -0.15) is 0 Å². The van der Waals surface area contributed by atoms with E-state index in [1.54, 1.807) is 0 Å². The molecule has 0 bridgehead atoms. The number of benzene rings is 4. The SMILES string of the molecule is CCC1(OC(=O)COc2cc(I)c(Oc3ccc([I+]c4ccc(Oc5cc(I)c(OCC(=O)OC6(CC)CCCCC6)cc5I)cc4)cc3)cc2I)CCCCC1. The van der Waals surface area contributed by atoms with Crippen LogP contribution >= 0.6 is 90.4 Å². The minimum atomic E-state index is -0.417. The number of carbonyl (C=O) groups excluding carboxylic acids is 2. The first-order valence-corrected chi connectivity index (χ1v) is 25.8. The summed E-state index contributed by atoms with van der Waals surface area (Å²) in [5, 5.41) is 0. The highest BCUT2D eigenvalue weighted by Crippen LogP contribution is 2.38. The maximum atomic E-state index is 12.7. The van der Waals surface area contributed by atoms with Crippen molar-refractivity contribution in [2.75, 3.05) is 13.2 Å². The van der Waals surface area contributed by atoms with Crippen molar-refractivity contribution >= 4 is 102 Å². The molecule has 2 aliphatic rings. The summed E-state index contributed by atoms with van der Waals surface area (Å²) >= 11 is 8.49. The number of rotatable bonds is 16. The normalized spacial score (nSPS) is 16.0. The highest BCUT2D eigenvalue weighted by Gasteiger charge is 2.35. The molecule has 0 N–H and O–H groups in total. The third-order valence-electron chi connectivity index (χ3n) is 10.4. The number of halogens is 5. The lowest BCUT2D eigenvalue weighted by atomic mass is 9.83. The Labute approximate surface area is 400 Å². The van der Waals surface area contributed by atoms with E-state index in [2.05, 4.69) is 128 Å². The summed E-state index contributed by atoms with van der Waals surface area (Å²) in [5.41, 5.74) is -0.680. The molecule has 0 spiro atoms. The van der Waals surface area contributed by atoms with E-state index < -0.39 is 21.2 Å². The van der Waals surface area contributed by atoms with Crippen LogP contribution in [0.5, 0.6) is 34.5 Å². The Balaban J connectivity index is 0.976. The Bertz CT molecular complexity index is 1850. The summed E-state index contributed by atoms with van der Waals surface area (Å²) < 4.78 is 42.2. The van der Waals surface area contributed by atoms with Crippen molar-refractivity contribution in [2.45, 2.75) is 102 Å². The van der Waals surface area contributed by atoms with Crippen molar-refractivity contribution in [3.8, 4) is 34.5 Å². The maximum absolute atomic E-state index is 12.7. The zero-order valence-corrected chi connectivity index (χ0v) is 42.8. The maximum Gasteiger partial charge on any atom is 0.357 e. The van der Waals surface area contributed by atoms with Gasteiger partial charge in [0.25, 0.3) is 0 Å². The zero-order valence-electron chi connectivity index (χ0n) is 32.0. The molecule has 4 aromatic rings. The van der Waals surface area contributed by atoms with Crippen LogP contribution in [0, 0.1) is 21.4 Å². The first-order chi connectivity index (χ1) is 27.5. The van der Waals surface area contributed by atoms with Gasteiger partial charge in [-0.3, -0.25) is 0 Å². The molecule has 6 rings (SSSR count). The van der Waals surface area contributed by atoms with Crippen LogP contribution in [0.15, 0.2) is 72.8 Å². The monoisotopic (exact) mass is 1340 g/mol. The van der Waals surface area contributed by atoms with Gasteiger partial charge in [0.15, 0.2) is 20.4 Å². The van der Waals surface area contributed by atoms with Crippen LogP contribution < -0.4 is 40.2 Å². The molecule has 0 unspecified atom stereocenters. The van der Waals surface area contributed by atoms with E-state index in [4.69, 9.17) is 28.4 Å². The van der Waals surface area contributed by atoms with Gasteiger partial charge in [-0.15, -0.1) is 0 Å². The molecular weight excluding hydrogens is 1290 g/mol. The highest BCUT2D eigenvalue weighted by atomic mass is 127. The predicted molar refractivity (Wildman–Crippen MR) is 250 cm³/mol. The molecule has 8 nitrogen and oxygen atoms in total. The number of hydrogen-bond donors (Lipinski definition) is 0. The second kappa shape index (κ2) is 21.5. The Hall–Kier alpha value is -1.33. The summed E-state index contributed by atoms with van der Waals surface area (Å²) in [6.45, 7) is 3.96. The molecule has 0 aromatic heterocycles. The third kappa shape index (κ3) is 12.8. The number of carbonyl (C=O) groups is 2. The molecule has 0 amide bonds. The molecule has 0 aliphatic heterocycles. The van der Waals surface area contributed by atoms with Crippen molar-refractivity contribution in [1.29, 1.82) is 0 Å². The smallest absolute Gasteiger partial charge is 0.357 e. The molecule has 57 heavy (non-hydrogen) atoms. The van der Waals surface area contributed by atoms with E-state index in [1.165, 1.54) is 20.0 Å². The van der Waals surface area contributed by atoms with Gasteiger partial charge in [-0.1, -0.05) is 26.7 Å². The molecule has 0 saturated heterocycles. The molecule has 13 heteroatoms. The molecule has 2 fully saturated rings. The fourth-order valence-electron chi connectivity index (χ4n) is 7.17. The summed E-state index contributed by atoms with van der Waals surface area (Å²) in [6, 6.07) is 24.2. The van der Waals surface area contributed by atoms with Gasteiger partial charge in [0.05, 0.1) is 14.3 Å². The Morgan fingerprint density at radius 3 is 1.21 bits per heavy atom. The lowest BCUT2D eigenvalue weighted by molar-refractivity contribution is -0.597. The fraction of sp³-hybridized carbons (Fsp3) is 0.409. The molecule has 2 aliphatic carbocycles. The predicted octanol–water partition coefficient (Wildman–Crippen LogP) is 9.89. The van der Waals surface area contributed by atoms with Crippen LogP contribution in [-0.4, -0.2) is 36.4 Å². The number of ether oxygens (including phenoxy) is 6. The van der Waals surface area contributed by atoms with E-state index in [-0.39, 0.29) is 36.4 Å². The summed E-state index contributed by atoms with van der Waals surface area (Å²) in [6.07, 6.45) is 12.2. The first-order valence-electron chi connectivity index (χ1n) is 19.4. The largest absolute Gasteiger partial charge is 0.481 e. The second-order valence-electron chi connectivity index (χ2n) is 14.4. The lowest BCUT2D eigenvalue weighted by Gasteiger charge is -2.35. The van der Waals surface area contributed by atoms with Gasteiger partial charge >= 0.3 is 33.1 Å². The van der Waals surface area contributed by atoms with Crippen molar-refractivity contribution in [1.82, 2.24) is 0 Å². The molecular formula is C44H46I5O8+. The molecule has 0 heterocycles. The third-order valence-corrected chi connectivity index (χ3v) is 16.5. The molecule has 2 saturated carbocycles. The quantitative estimate of drug-likeness (QED) is 0.0810. The van der Waals surface area contributed by atoms with Crippen LogP contribution in [0.1, 0.15) is 90.9 Å². The van der Waals surface area contributed by atoms with E-state index >= 15 is 0 Å². The Morgan fingerprint density at radius 2 is 0.860 bits per heavy atom. The average Bonchev–Trinajstić information content (AvgIpc) is 3.21. The number of hydrogen-bond acceptors (Lipinski definition) is 8. The van der Waals surface area contributed by atoms with Gasteiger partial charge in [-0.25, -0.2) is 9.59 Å². The first kappa shape index (κ1) is 45.2. The van der Waals surface area contributed by atoms with Crippen molar-refractivity contribution < 1.29 is 59.2 Å². The van der Waals surface area contributed by atoms with E-state index in [0.29, 0.717) is 11.5 Å². The molecule has 304 valence electrons. The van der Waals surface area contributed by atoms with E-state index in [1.807, 2.05) is 48.5 Å². The second-order valence-corrected chi connectivity index (χ2v) is 22.0. The van der Waals surface area contributed by atoms with Gasteiger partial charge < -0.3 is 28.4 Å². The minimum Gasteiger partial charge on any atom is -0.481 e. The topological polar surface area (TPSA) is 89.5 Å². The molecule has 0 atom stereocenters. The molecule has 4 aromatic carbocycles. The summed E-state index contributed by atoms with van der Waals surface area (Å²) in [5.74, 6) is 3.60.